The van der Waals surface area contributed by atoms with Crippen molar-refractivity contribution in [3.05, 3.63) is 22.3 Å². The number of piperidine rings is 1. The van der Waals surface area contributed by atoms with Gasteiger partial charge >= 0.3 is 5.97 Å². The summed E-state index contributed by atoms with van der Waals surface area (Å²) in [5.41, 5.74) is 0.213. The van der Waals surface area contributed by atoms with Gasteiger partial charge in [-0.3, -0.25) is 0 Å². The van der Waals surface area contributed by atoms with Crippen molar-refractivity contribution in [2.24, 2.45) is 5.92 Å². The Labute approximate surface area is 120 Å². The monoisotopic (exact) mass is 328 g/mol. The average molecular weight is 329 g/mol. The van der Waals surface area contributed by atoms with Gasteiger partial charge in [0.2, 0.25) is 0 Å². The Morgan fingerprint density at radius 1 is 1.53 bits per heavy atom. The largest absolute Gasteiger partial charge is 0.478 e. The highest BCUT2D eigenvalue weighted by Gasteiger charge is 2.26. The predicted octanol–water partition coefficient (Wildman–Crippen LogP) is 2.14. The number of anilines is 1. The van der Waals surface area contributed by atoms with Gasteiger partial charge in [0, 0.05) is 23.8 Å². The lowest BCUT2D eigenvalue weighted by Gasteiger charge is -2.34. The fourth-order valence-corrected chi connectivity index (χ4v) is 2.77. The van der Waals surface area contributed by atoms with Crippen LogP contribution in [0.4, 0.5) is 5.82 Å². The van der Waals surface area contributed by atoms with Crippen LogP contribution >= 0.6 is 15.9 Å². The zero-order valence-electron chi connectivity index (χ0n) is 10.7. The van der Waals surface area contributed by atoms with Gasteiger partial charge in [-0.05, 0) is 47.7 Å². The van der Waals surface area contributed by atoms with Crippen molar-refractivity contribution < 1.29 is 15.0 Å². The number of aromatic nitrogens is 1. The number of aromatic carboxylic acids is 1. The lowest BCUT2D eigenvalue weighted by molar-refractivity contribution is 0.0696. The molecule has 2 N–H and O–H groups in total. The summed E-state index contributed by atoms with van der Waals surface area (Å²) < 4.78 is 0.660. The molecule has 1 atom stereocenters. The molecule has 19 heavy (non-hydrogen) atoms. The topological polar surface area (TPSA) is 73.7 Å². The number of hydrogen-bond donors (Lipinski definition) is 2. The van der Waals surface area contributed by atoms with Crippen molar-refractivity contribution in [2.45, 2.75) is 25.9 Å². The Balaban J connectivity index is 2.17. The standard InChI is InChI=1S/C13H17BrN2O3/c1-8(17)9-2-4-16(5-3-9)12-11(13(18)19)6-10(14)7-15-12/h6-9,17H,2-5H2,1H3,(H,18,19). The van der Waals surface area contributed by atoms with Crippen molar-refractivity contribution in [3.8, 4) is 0 Å². The highest BCUT2D eigenvalue weighted by molar-refractivity contribution is 9.10. The molecule has 2 rings (SSSR count). The number of hydrogen-bond acceptors (Lipinski definition) is 4. The summed E-state index contributed by atoms with van der Waals surface area (Å²) in [4.78, 5) is 17.5. The van der Waals surface area contributed by atoms with Gasteiger partial charge in [0.15, 0.2) is 0 Å². The van der Waals surface area contributed by atoms with Crippen molar-refractivity contribution in [2.75, 3.05) is 18.0 Å². The second-order valence-electron chi connectivity index (χ2n) is 4.89. The Morgan fingerprint density at radius 2 is 2.16 bits per heavy atom. The molecule has 0 aromatic carbocycles. The molecule has 5 nitrogen and oxygen atoms in total. The van der Waals surface area contributed by atoms with Crippen LogP contribution in [0.25, 0.3) is 0 Å². The molecule has 0 saturated carbocycles. The maximum absolute atomic E-state index is 11.3. The molecule has 1 aromatic rings. The Hall–Kier alpha value is -1.14. The second-order valence-corrected chi connectivity index (χ2v) is 5.81. The number of carboxylic acid groups (broad SMARTS) is 1. The van der Waals surface area contributed by atoms with E-state index in [0.717, 1.165) is 25.9 Å². The summed E-state index contributed by atoms with van der Waals surface area (Å²) in [6, 6.07) is 1.57. The zero-order chi connectivity index (χ0) is 14.0. The minimum absolute atomic E-state index is 0.213. The Morgan fingerprint density at radius 3 is 2.68 bits per heavy atom. The summed E-state index contributed by atoms with van der Waals surface area (Å²) in [7, 11) is 0. The molecule has 1 unspecified atom stereocenters. The molecular formula is C13H17BrN2O3. The number of aliphatic hydroxyl groups is 1. The molecule has 0 bridgehead atoms. The first-order valence-electron chi connectivity index (χ1n) is 6.31. The van der Waals surface area contributed by atoms with Crippen molar-refractivity contribution in [3.63, 3.8) is 0 Å². The number of pyridine rings is 1. The van der Waals surface area contributed by atoms with Gasteiger partial charge in [-0.15, -0.1) is 0 Å². The van der Waals surface area contributed by atoms with Gasteiger partial charge < -0.3 is 15.1 Å². The Bertz CT molecular complexity index is 471. The smallest absolute Gasteiger partial charge is 0.339 e. The molecule has 1 aliphatic rings. The second kappa shape index (κ2) is 5.88. The van der Waals surface area contributed by atoms with E-state index >= 15 is 0 Å². The highest BCUT2D eigenvalue weighted by atomic mass is 79.9. The van der Waals surface area contributed by atoms with E-state index < -0.39 is 5.97 Å². The Kier molecular flexibility index (Phi) is 4.42. The van der Waals surface area contributed by atoms with E-state index in [4.69, 9.17) is 0 Å². The number of nitrogens with zero attached hydrogens (tertiary/aromatic N) is 2. The minimum Gasteiger partial charge on any atom is -0.478 e. The van der Waals surface area contributed by atoms with Gasteiger partial charge in [0.25, 0.3) is 0 Å². The van der Waals surface area contributed by atoms with Crippen LogP contribution in [-0.4, -0.2) is 40.4 Å². The van der Waals surface area contributed by atoms with Gasteiger partial charge in [0.05, 0.1) is 6.10 Å². The summed E-state index contributed by atoms with van der Waals surface area (Å²) in [5, 5.41) is 18.8. The van der Waals surface area contributed by atoms with Crippen LogP contribution in [0.15, 0.2) is 16.7 Å². The van der Waals surface area contributed by atoms with Crippen LogP contribution in [0.5, 0.6) is 0 Å². The van der Waals surface area contributed by atoms with E-state index in [1.54, 1.807) is 19.2 Å². The molecule has 104 valence electrons. The van der Waals surface area contributed by atoms with E-state index in [-0.39, 0.29) is 11.7 Å². The number of halogens is 1. The molecule has 6 heteroatoms. The SMILES string of the molecule is CC(O)C1CCN(c2ncc(Br)cc2C(=O)O)CC1. The predicted molar refractivity (Wildman–Crippen MR) is 75.5 cm³/mol. The first-order chi connectivity index (χ1) is 8.99. The first-order valence-corrected chi connectivity index (χ1v) is 7.10. The van der Waals surface area contributed by atoms with Crippen molar-refractivity contribution in [1.29, 1.82) is 0 Å². The molecule has 0 radical (unpaired) electrons. The normalized spacial score (nSPS) is 18.4. The van der Waals surface area contributed by atoms with Crippen molar-refractivity contribution >= 4 is 27.7 Å². The van der Waals surface area contributed by atoms with E-state index in [0.29, 0.717) is 16.2 Å². The minimum atomic E-state index is -0.971. The van der Waals surface area contributed by atoms with E-state index in [9.17, 15) is 15.0 Å². The van der Waals surface area contributed by atoms with Crippen LogP contribution in [-0.2, 0) is 0 Å². The number of aliphatic hydroxyl groups excluding tert-OH is 1. The summed E-state index contributed by atoms with van der Waals surface area (Å²) >= 11 is 3.24. The third-order valence-electron chi connectivity index (χ3n) is 3.59. The number of rotatable bonds is 3. The van der Waals surface area contributed by atoms with E-state index in [1.165, 1.54) is 0 Å². The zero-order valence-corrected chi connectivity index (χ0v) is 12.3. The summed E-state index contributed by atoms with van der Waals surface area (Å²) in [6.07, 6.45) is 3.02. The van der Waals surface area contributed by atoms with Crippen molar-refractivity contribution in [1.82, 2.24) is 4.98 Å². The van der Waals surface area contributed by atoms with Crippen LogP contribution in [0, 0.1) is 5.92 Å². The third kappa shape index (κ3) is 3.25. The van der Waals surface area contributed by atoms with Gasteiger partial charge in [-0.2, -0.15) is 0 Å². The molecule has 1 aliphatic heterocycles. The van der Waals surface area contributed by atoms with Gasteiger partial charge in [-0.25, -0.2) is 9.78 Å². The molecule has 0 aliphatic carbocycles. The molecule has 1 aromatic heterocycles. The fourth-order valence-electron chi connectivity index (χ4n) is 2.44. The van der Waals surface area contributed by atoms with Gasteiger partial charge in [-0.1, -0.05) is 0 Å². The molecular weight excluding hydrogens is 312 g/mol. The first kappa shape index (κ1) is 14.3. The van der Waals surface area contributed by atoms with E-state index in [2.05, 4.69) is 20.9 Å². The van der Waals surface area contributed by atoms with Gasteiger partial charge in [0.1, 0.15) is 11.4 Å². The van der Waals surface area contributed by atoms with Crippen LogP contribution in [0.2, 0.25) is 0 Å². The summed E-state index contributed by atoms with van der Waals surface area (Å²) in [6.45, 7) is 3.26. The highest BCUT2D eigenvalue weighted by Crippen LogP contribution is 2.27. The lowest BCUT2D eigenvalue weighted by Crippen LogP contribution is -2.38. The quantitative estimate of drug-likeness (QED) is 0.889. The van der Waals surface area contributed by atoms with E-state index in [1.807, 2.05) is 4.90 Å². The number of carbonyl (C=O) groups is 1. The van der Waals surface area contributed by atoms with Crippen LogP contribution in [0.3, 0.4) is 0 Å². The molecule has 1 saturated heterocycles. The van der Waals surface area contributed by atoms with Crippen LogP contribution < -0.4 is 4.90 Å². The lowest BCUT2D eigenvalue weighted by atomic mass is 9.92. The summed E-state index contributed by atoms with van der Waals surface area (Å²) in [5.74, 6) is -0.166. The molecule has 2 heterocycles. The average Bonchev–Trinajstić information content (AvgIpc) is 2.38. The molecule has 1 fully saturated rings. The maximum Gasteiger partial charge on any atom is 0.339 e. The molecule has 0 spiro atoms. The maximum atomic E-state index is 11.3. The number of carboxylic acids is 1. The van der Waals surface area contributed by atoms with Crippen LogP contribution in [0.1, 0.15) is 30.1 Å². The molecule has 0 amide bonds. The fraction of sp³-hybridized carbons (Fsp3) is 0.538. The third-order valence-corrected chi connectivity index (χ3v) is 4.02.